The Kier molecular flexibility index (Phi) is 7.02. The van der Waals surface area contributed by atoms with Crippen LogP contribution >= 0.6 is 27.3 Å². The number of carbonyl (C=O) groups excluding carboxylic acids is 2. The molecule has 0 radical (unpaired) electrons. The second-order valence-corrected chi connectivity index (χ2v) is 7.38. The van der Waals surface area contributed by atoms with Gasteiger partial charge in [0.05, 0.1) is 8.66 Å². The van der Waals surface area contributed by atoms with Gasteiger partial charge < -0.3 is 15.3 Å². The Bertz CT molecular complexity index is 561. The summed E-state index contributed by atoms with van der Waals surface area (Å²) in [6, 6.07) is 2.41. The number of carbonyl (C=O) groups is 3. The van der Waals surface area contributed by atoms with Crippen LogP contribution in [-0.4, -0.2) is 46.4 Å². The molecule has 0 aromatic carbocycles. The van der Waals surface area contributed by atoms with Crippen LogP contribution < -0.4 is 5.32 Å². The van der Waals surface area contributed by atoms with E-state index in [0.717, 1.165) is 3.79 Å². The summed E-state index contributed by atoms with van der Waals surface area (Å²) in [5.41, 5.74) is 0. The van der Waals surface area contributed by atoms with Crippen LogP contribution in [0.15, 0.2) is 15.9 Å². The van der Waals surface area contributed by atoms with Crippen molar-refractivity contribution in [2.45, 2.75) is 39.3 Å². The zero-order valence-corrected chi connectivity index (χ0v) is 15.0. The van der Waals surface area contributed by atoms with Crippen molar-refractivity contribution in [3.8, 4) is 0 Å². The lowest BCUT2D eigenvalue weighted by molar-refractivity contribution is -0.146. The molecule has 0 aliphatic heterocycles. The molecule has 2 amide bonds. The fourth-order valence-electron chi connectivity index (χ4n) is 1.83. The molecule has 6 nitrogen and oxygen atoms in total. The van der Waals surface area contributed by atoms with E-state index in [9.17, 15) is 14.4 Å². The van der Waals surface area contributed by atoms with Gasteiger partial charge in [-0.2, -0.15) is 0 Å². The topological polar surface area (TPSA) is 86.7 Å². The fraction of sp³-hybridized carbons (Fsp3) is 0.500. The Morgan fingerprint density at radius 2 is 2.00 bits per heavy atom. The van der Waals surface area contributed by atoms with Crippen molar-refractivity contribution in [1.82, 2.24) is 10.2 Å². The van der Waals surface area contributed by atoms with E-state index >= 15 is 0 Å². The number of carboxylic acids is 1. The number of nitrogens with zero attached hydrogens (tertiary/aromatic N) is 1. The van der Waals surface area contributed by atoms with Crippen LogP contribution in [0.3, 0.4) is 0 Å². The molecular weight excluding hydrogens is 372 g/mol. The lowest BCUT2D eigenvalue weighted by atomic mass is 10.1. The molecule has 0 aliphatic carbocycles. The van der Waals surface area contributed by atoms with Gasteiger partial charge in [0, 0.05) is 6.04 Å². The van der Waals surface area contributed by atoms with E-state index in [0.29, 0.717) is 11.3 Å². The van der Waals surface area contributed by atoms with E-state index in [1.165, 1.54) is 16.2 Å². The highest BCUT2D eigenvalue weighted by molar-refractivity contribution is 9.11. The van der Waals surface area contributed by atoms with E-state index in [4.69, 9.17) is 5.11 Å². The quantitative estimate of drug-likeness (QED) is 0.747. The molecule has 8 heteroatoms. The molecule has 1 aromatic rings. The normalized spacial score (nSPS) is 13.3. The number of nitrogens with one attached hydrogen (secondary N) is 1. The Balaban J connectivity index is 2.76. The predicted molar refractivity (Wildman–Crippen MR) is 88.0 cm³/mol. The molecular formula is C14H19BrN2O4S. The molecule has 0 saturated heterocycles. The summed E-state index contributed by atoms with van der Waals surface area (Å²) in [5, 5.41) is 11.5. The molecule has 1 heterocycles. The van der Waals surface area contributed by atoms with Crippen molar-refractivity contribution >= 4 is 45.1 Å². The summed E-state index contributed by atoms with van der Waals surface area (Å²) >= 11 is 4.54. The molecule has 0 saturated carbocycles. The molecule has 0 spiro atoms. The first-order valence-electron chi connectivity index (χ1n) is 6.84. The van der Waals surface area contributed by atoms with Crippen LogP contribution in [0.5, 0.6) is 0 Å². The summed E-state index contributed by atoms with van der Waals surface area (Å²) in [7, 11) is 0. The molecule has 2 atom stereocenters. The van der Waals surface area contributed by atoms with Gasteiger partial charge in [-0.3, -0.25) is 14.4 Å². The van der Waals surface area contributed by atoms with Crippen molar-refractivity contribution < 1.29 is 19.5 Å². The summed E-state index contributed by atoms with van der Waals surface area (Å²) in [4.78, 5) is 37.1. The van der Waals surface area contributed by atoms with Crippen LogP contribution in [0, 0.1) is 0 Å². The standard InChI is InChI=1S/C14H19BrN2O4S/c1-4-8(2)17(7-12(18)19)14(21)9(3)16-13(20)10-5-6-11(15)22-10/h5-6,8-9H,4,7H2,1-3H3,(H,16,20)(H,18,19). The Hall–Kier alpha value is -1.41. The first kappa shape index (κ1) is 18.6. The first-order chi connectivity index (χ1) is 10.3. The van der Waals surface area contributed by atoms with Crippen LogP contribution in [0.4, 0.5) is 0 Å². The smallest absolute Gasteiger partial charge is 0.323 e. The minimum atomic E-state index is -1.07. The van der Waals surface area contributed by atoms with Gasteiger partial charge in [-0.1, -0.05) is 6.92 Å². The number of aliphatic carboxylic acids is 1. The van der Waals surface area contributed by atoms with Crippen LogP contribution in [0.2, 0.25) is 0 Å². The average Bonchev–Trinajstić information content (AvgIpc) is 2.89. The summed E-state index contributed by atoms with van der Waals surface area (Å²) in [6.45, 7) is 4.84. The second-order valence-electron chi connectivity index (χ2n) is 4.92. The predicted octanol–water partition coefficient (Wildman–Crippen LogP) is 2.34. The minimum absolute atomic E-state index is 0.209. The van der Waals surface area contributed by atoms with E-state index in [1.807, 2.05) is 6.92 Å². The SMILES string of the molecule is CCC(C)N(CC(=O)O)C(=O)C(C)NC(=O)c1ccc(Br)s1. The fourth-order valence-corrected chi connectivity index (χ4v) is 3.12. The van der Waals surface area contributed by atoms with Gasteiger partial charge in [-0.05, 0) is 48.3 Å². The first-order valence-corrected chi connectivity index (χ1v) is 8.45. The van der Waals surface area contributed by atoms with E-state index in [1.54, 1.807) is 26.0 Å². The maximum absolute atomic E-state index is 12.4. The van der Waals surface area contributed by atoms with Crippen molar-refractivity contribution in [3.05, 3.63) is 20.8 Å². The maximum Gasteiger partial charge on any atom is 0.323 e. The highest BCUT2D eigenvalue weighted by Crippen LogP contribution is 2.22. The molecule has 122 valence electrons. The highest BCUT2D eigenvalue weighted by atomic mass is 79.9. The molecule has 0 fully saturated rings. The van der Waals surface area contributed by atoms with Crippen molar-refractivity contribution in [1.29, 1.82) is 0 Å². The number of amides is 2. The minimum Gasteiger partial charge on any atom is -0.480 e. The number of hydrogen-bond acceptors (Lipinski definition) is 4. The number of rotatable bonds is 7. The van der Waals surface area contributed by atoms with E-state index in [-0.39, 0.29) is 18.5 Å². The summed E-state index contributed by atoms with van der Waals surface area (Å²) < 4.78 is 0.823. The second kappa shape index (κ2) is 8.28. The molecule has 0 aliphatic rings. The molecule has 1 aromatic heterocycles. The van der Waals surface area contributed by atoms with Gasteiger partial charge in [0.2, 0.25) is 5.91 Å². The third-order valence-corrected chi connectivity index (χ3v) is 4.85. The molecule has 2 unspecified atom stereocenters. The number of thiophene rings is 1. The van der Waals surface area contributed by atoms with Gasteiger partial charge in [0.1, 0.15) is 12.6 Å². The van der Waals surface area contributed by atoms with E-state index < -0.39 is 17.9 Å². The average molecular weight is 391 g/mol. The third-order valence-electron chi connectivity index (χ3n) is 3.23. The lowest BCUT2D eigenvalue weighted by Gasteiger charge is -2.29. The molecule has 22 heavy (non-hydrogen) atoms. The zero-order chi connectivity index (χ0) is 16.9. The number of carboxylic acid groups (broad SMARTS) is 1. The van der Waals surface area contributed by atoms with Crippen molar-refractivity contribution in [2.75, 3.05) is 6.54 Å². The lowest BCUT2D eigenvalue weighted by Crippen LogP contribution is -2.51. The van der Waals surface area contributed by atoms with Gasteiger partial charge in [0.15, 0.2) is 0 Å². The van der Waals surface area contributed by atoms with Gasteiger partial charge in [0.25, 0.3) is 5.91 Å². The Labute approximate surface area is 141 Å². The number of hydrogen-bond donors (Lipinski definition) is 2. The summed E-state index contributed by atoms with van der Waals surface area (Å²) in [6.07, 6.45) is 0.636. The Morgan fingerprint density at radius 1 is 1.36 bits per heavy atom. The van der Waals surface area contributed by atoms with Crippen LogP contribution in [-0.2, 0) is 9.59 Å². The van der Waals surface area contributed by atoms with Crippen LogP contribution in [0.25, 0.3) is 0 Å². The van der Waals surface area contributed by atoms with Crippen LogP contribution in [0.1, 0.15) is 36.9 Å². The number of halogens is 1. The van der Waals surface area contributed by atoms with Crippen molar-refractivity contribution in [2.24, 2.45) is 0 Å². The molecule has 1 rings (SSSR count). The third kappa shape index (κ3) is 5.10. The largest absolute Gasteiger partial charge is 0.480 e. The highest BCUT2D eigenvalue weighted by Gasteiger charge is 2.27. The molecule has 2 N–H and O–H groups in total. The van der Waals surface area contributed by atoms with E-state index in [2.05, 4.69) is 21.2 Å². The van der Waals surface area contributed by atoms with Gasteiger partial charge in [-0.15, -0.1) is 11.3 Å². The van der Waals surface area contributed by atoms with Crippen molar-refractivity contribution in [3.63, 3.8) is 0 Å². The molecule has 0 bridgehead atoms. The maximum atomic E-state index is 12.4. The monoisotopic (exact) mass is 390 g/mol. The Morgan fingerprint density at radius 3 is 2.45 bits per heavy atom. The zero-order valence-electron chi connectivity index (χ0n) is 12.6. The summed E-state index contributed by atoms with van der Waals surface area (Å²) in [5.74, 6) is -1.83. The van der Waals surface area contributed by atoms with Gasteiger partial charge >= 0.3 is 5.97 Å². The van der Waals surface area contributed by atoms with Gasteiger partial charge in [-0.25, -0.2) is 0 Å².